The molecule has 4 nitrogen and oxygen atoms in total. The first-order valence-electron chi connectivity index (χ1n) is 6.01. The number of benzene rings is 1. The van der Waals surface area contributed by atoms with E-state index in [1.54, 1.807) is 13.3 Å². The maximum Gasteiger partial charge on any atom is 0.253 e. The average molecular weight is 247 g/mol. The second-order valence-electron chi connectivity index (χ2n) is 4.50. The lowest BCUT2D eigenvalue weighted by Crippen LogP contribution is -2.28. The van der Waals surface area contributed by atoms with Crippen molar-refractivity contribution in [2.24, 2.45) is 5.10 Å². The first-order valence-corrected chi connectivity index (χ1v) is 6.01. The van der Waals surface area contributed by atoms with Crippen LogP contribution in [0.15, 0.2) is 11.2 Å². The van der Waals surface area contributed by atoms with Crippen LogP contribution in [0.2, 0.25) is 0 Å². The number of nitrogens with zero attached hydrogens (tertiary/aromatic N) is 1. The molecule has 0 aliphatic heterocycles. The van der Waals surface area contributed by atoms with Crippen molar-refractivity contribution >= 4 is 12.1 Å². The number of hydrogen-bond donors (Lipinski definition) is 2. The number of hydrazone groups is 1. The van der Waals surface area contributed by atoms with E-state index in [1.165, 1.54) is 22.3 Å². The predicted molar refractivity (Wildman–Crippen MR) is 75.1 cm³/mol. The lowest BCUT2D eigenvalue weighted by Gasteiger charge is -2.11. The van der Waals surface area contributed by atoms with Crippen LogP contribution in [0.1, 0.15) is 27.8 Å². The van der Waals surface area contributed by atoms with E-state index in [0.29, 0.717) is 0 Å². The summed E-state index contributed by atoms with van der Waals surface area (Å²) in [7, 11) is 1.72. The SMILES string of the molecule is CNCC(=O)N/N=C/c1c(C)c(C)cc(C)c1C. The molecule has 4 heteroatoms. The van der Waals surface area contributed by atoms with Crippen LogP contribution in [0.3, 0.4) is 0 Å². The maximum atomic E-state index is 11.2. The van der Waals surface area contributed by atoms with Gasteiger partial charge in [0.2, 0.25) is 0 Å². The summed E-state index contributed by atoms with van der Waals surface area (Å²) >= 11 is 0. The van der Waals surface area contributed by atoms with Gasteiger partial charge in [-0.15, -0.1) is 0 Å². The van der Waals surface area contributed by atoms with Gasteiger partial charge in [-0.3, -0.25) is 4.79 Å². The Labute approximate surface area is 108 Å². The third kappa shape index (κ3) is 3.40. The van der Waals surface area contributed by atoms with Gasteiger partial charge in [0.15, 0.2) is 0 Å². The number of amides is 1. The molecule has 0 fully saturated rings. The molecule has 0 aromatic heterocycles. The molecule has 1 rings (SSSR count). The molecule has 0 heterocycles. The molecular weight excluding hydrogens is 226 g/mol. The highest BCUT2D eigenvalue weighted by Crippen LogP contribution is 2.19. The molecule has 1 aromatic carbocycles. The van der Waals surface area contributed by atoms with E-state index >= 15 is 0 Å². The van der Waals surface area contributed by atoms with E-state index in [1.807, 2.05) is 0 Å². The molecule has 0 spiro atoms. The van der Waals surface area contributed by atoms with Gasteiger partial charge in [0.25, 0.3) is 5.91 Å². The highest BCUT2D eigenvalue weighted by atomic mass is 16.2. The molecule has 2 N–H and O–H groups in total. The first-order chi connectivity index (χ1) is 8.47. The van der Waals surface area contributed by atoms with Crippen molar-refractivity contribution in [3.63, 3.8) is 0 Å². The van der Waals surface area contributed by atoms with Gasteiger partial charge >= 0.3 is 0 Å². The normalized spacial score (nSPS) is 10.9. The van der Waals surface area contributed by atoms with Gasteiger partial charge in [0.1, 0.15) is 0 Å². The Morgan fingerprint density at radius 1 is 1.22 bits per heavy atom. The van der Waals surface area contributed by atoms with Crippen molar-refractivity contribution in [1.82, 2.24) is 10.7 Å². The number of hydrogen-bond acceptors (Lipinski definition) is 3. The summed E-state index contributed by atoms with van der Waals surface area (Å²) in [5.74, 6) is -0.145. The van der Waals surface area contributed by atoms with Crippen molar-refractivity contribution in [1.29, 1.82) is 0 Å². The van der Waals surface area contributed by atoms with Gasteiger partial charge < -0.3 is 5.32 Å². The smallest absolute Gasteiger partial charge is 0.253 e. The standard InChI is InChI=1S/C14H21N3O/c1-9-6-10(2)12(4)13(11(9)3)7-16-17-14(18)8-15-5/h6-7,15H,8H2,1-5H3,(H,17,18)/b16-7+. The van der Waals surface area contributed by atoms with Crippen molar-refractivity contribution in [3.05, 3.63) is 33.9 Å². The van der Waals surface area contributed by atoms with E-state index in [9.17, 15) is 4.79 Å². The van der Waals surface area contributed by atoms with Crippen molar-refractivity contribution in [2.45, 2.75) is 27.7 Å². The Bertz CT molecular complexity index is 452. The molecule has 0 atom stereocenters. The lowest BCUT2D eigenvalue weighted by molar-refractivity contribution is -0.120. The van der Waals surface area contributed by atoms with Crippen molar-refractivity contribution < 1.29 is 4.79 Å². The fourth-order valence-corrected chi connectivity index (χ4v) is 1.81. The van der Waals surface area contributed by atoms with Crippen molar-refractivity contribution in [3.8, 4) is 0 Å². The fraction of sp³-hybridized carbons (Fsp3) is 0.429. The topological polar surface area (TPSA) is 53.5 Å². The van der Waals surface area contributed by atoms with Crippen LogP contribution in [-0.4, -0.2) is 25.7 Å². The minimum atomic E-state index is -0.145. The third-order valence-corrected chi connectivity index (χ3v) is 3.14. The molecule has 0 bridgehead atoms. The predicted octanol–water partition coefficient (Wildman–Crippen LogP) is 1.59. The van der Waals surface area contributed by atoms with Crippen LogP contribution in [0, 0.1) is 27.7 Å². The first kappa shape index (κ1) is 14.4. The number of carbonyl (C=O) groups is 1. The Balaban J connectivity index is 2.91. The summed E-state index contributed by atoms with van der Waals surface area (Å²) in [5.41, 5.74) is 8.45. The second kappa shape index (κ2) is 6.31. The fourth-order valence-electron chi connectivity index (χ4n) is 1.81. The van der Waals surface area contributed by atoms with Gasteiger partial charge in [-0.2, -0.15) is 5.10 Å². The van der Waals surface area contributed by atoms with E-state index in [-0.39, 0.29) is 12.5 Å². The zero-order valence-electron chi connectivity index (χ0n) is 11.7. The zero-order valence-corrected chi connectivity index (χ0v) is 11.7. The summed E-state index contributed by atoms with van der Waals surface area (Å²) in [4.78, 5) is 11.2. The third-order valence-electron chi connectivity index (χ3n) is 3.14. The van der Waals surface area contributed by atoms with Gasteiger partial charge in [-0.1, -0.05) is 6.07 Å². The number of rotatable bonds is 4. The van der Waals surface area contributed by atoms with Crippen LogP contribution >= 0.6 is 0 Å². The van der Waals surface area contributed by atoms with Gasteiger partial charge in [-0.25, -0.2) is 5.43 Å². The molecule has 18 heavy (non-hydrogen) atoms. The van der Waals surface area contributed by atoms with Crippen LogP contribution in [0.25, 0.3) is 0 Å². The number of aryl methyl sites for hydroxylation is 2. The lowest BCUT2D eigenvalue weighted by atomic mass is 9.95. The second-order valence-corrected chi connectivity index (χ2v) is 4.50. The molecule has 0 saturated heterocycles. The molecule has 0 aliphatic carbocycles. The molecule has 0 aliphatic rings. The molecule has 0 saturated carbocycles. The zero-order chi connectivity index (χ0) is 13.7. The Hall–Kier alpha value is -1.68. The minimum absolute atomic E-state index is 0.145. The minimum Gasteiger partial charge on any atom is -0.311 e. The maximum absolute atomic E-state index is 11.2. The summed E-state index contributed by atoms with van der Waals surface area (Å²) in [6.07, 6.45) is 1.72. The molecule has 0 unspecified atom stereocenters. The Morgan fingerprint density at radius 3 is 2.28 bits per heavy atom. The summed E-state index contributed by atoms with van der Waals surface area (Å²) in [6, 6.07) is 2.17. The number of likely N-dealkylation sites (N-methyl/N-ethyl adjacent to an activating group) is 1. The van der Waals surface area contributed by atoms with E-state index in [2.05, 4.69) is 49.6 Å². The largest absolute Gasteiger partial charge is 0.311 e. The van der Waals surface area contributed by atoms with E-state index < -0.39 is 0 Å². The van der Waals surface area contributed by atoms with Crippen molar-refractivity contribution in [2.75, 3.05) is 13.6 Å². The average Bonchev–Trinajstić information content (AvgIpc) is 2.31. The molecule has 1 amide bonds. The number of carbonyl (C=O) groups excluding carboxylic acids is 1. The molecule has 0 radical (unpaired) electrons. The van der Waals surface area contributed by atoms with Gasteiger partial charge in [0.05, 0.1) is 12.8 Å². The highest BCUT2D eigenvalue weighted by molar-refractivity contribution is 5.86. The number of nitrogens with one attached hydrogen (secondary N) is 2. The summed E-state index contributed by atoms with van der Waals surface area (Å²) in [6.45, 7) is 8.57. The van der Waals surface area contributed by atoms with Gasteiger partial charge in [-0.05, 0) is 57.0 Å². The van der Waals surface area contributed by atoms with Gasteiger partial charge in [0, 0.05) is 5.56 Å². The molecule has 98 valence electrons. The molecular formula is C14H21N3O. The molecule has 1 aromatic rings. The summed E-state index contributed by atoms with van der Waals surface area (Å²) in [5, 5.41) is 6.77. The van der Waals surface area contributed by atoms with Crippen LogP contribution in [0.4, 0.5) is 0 Å². The summed E-state index contributed by atoms with van der Waals surface area (Å²) < 4.78 is 0. The highest BCUT2D eigenvalue weighted by Gasteiger charge is 2.06. The quantitative estimate of drug-likeness (QED) is 0.627. The van der Waals surface area contributed by atoms with E-state index in [4.69, 9.17) is 0 Å². The monoisotopic (exact) mass is 247 g/mol. The van der Waals surface area contributed by atoms with Crippen LogP contribution in [-0.2, 0) is 4.79 Å². The van der Waals surface area contributed by atoms with E-state index in [0.717, 1.165) is 5.56 Å². The van der Waals surface area contributed by atoms with Crippen LogP contribution < -0.4 is 10.7 Å². The Morgan fingerprint density at radius 2 is 1.78 bits per heavy atom. The van der Waals surface area contributed by atoms with Crippen LogP contribution in [0.5, 0.6) is 0 Å². The Kier molecular flexibility index (Phi) is 5.04.